The number of aryl methyl sites for hydroxylation is 2. The monoisotopic (exact) mass is 478 g/mol. The molecule has 0 aliphatic carbocycles. The fraction of sp³-hybridized carbons (Fsp3) is 0.500. The van der Waals surface area contributed by atoms with E-state index >= 15 is 0 Å². The number of sulfonamides is 1. The Morgan fingerprint density at radius 3 is 2.21 bits per heavy atom. The van der Waals surface area contributed by atoms with Crippen molar-refractivity contribution < 1.29 is 27.5 Å². The van der Waals surface area contributed by atoms with Gasteiger partial charge in [-0.2, -0.15) is 4.72 Å². The summed E-state index contributed by atoms with van der Waals surface area (Å²) in [6.45, 7) is 11.0. The van der Waals surface area contributed by atoms with Crippen molar-refractivity contribution in [3.63, 3.8) is 0 Å². The van der Waals surface area contributed by atoms with Crippen molar-refractivity contribution in [3.05, 3.63) is 52.8 Å². The van der Waals surface area contributed by atoms with Gasteiger partial charge in [0.05, 0.1) is 17.5 Å². The van der Waals surface area contributed by atoms with Gasteiger partial charge in [0.2, 0.25) is 15.8 Å². The number of Topliss-reactive ketones (excluding diaryl/α,β-unsaturated/α-hetero) is 1. The van der Waals surface area contributed by atoms with Crippen LogP contribution in [0.4, 0.5) is 0 Å². The maximum Gasteiger partial charge on any atom is 0.324 e. The molecule has 1 aromatic carbocycles. The van der Waals surface area contributed by atoms with E-state index in [0.29, 0.717) is 12.2 Å². The first-order chi connectivity index (χ1) is 15.4. The first-order valence-electron chi connectivity index (χ1n) is 10.8. The molecule has 8 nitrogen and oxygen atoms in total. The van der Waals surface area contributed by atoms with Crippen molar-refractivity contribution in [1.29, 1.82) is 0 Å². The predicted octanol–water partition coefficient (Wildman–Crippen LogP) is 3.35. The summed E-state index contributed by atoms with van der Waals surface area (Å²) in [5.74, 6) is -1.53. The Hall–Kier alpha value is -2.49. The maximum atomic E-state index is 12.8. The van der Waals surface area contributed by atoms with Gasteiger partial charge in [-0.25, -0.2) is 8.42 Å². The van der Waals surface area contributed by atoms with E-state index in [4.69, 9.17) is 9.47 Å². The molecule has 2 rings (SSSR count). The number of benzene rings is 1. The predicted molar refractivity (Wildman–Crippen MR) is 126 cm³/mol. The number of nitrogens with one attached hydrogen (secondary N) is 1. The third-order valence-corrected chi connectivity index (χ3v) is 6.97. The molecule has 2 atom stereocenters. The average molecular weight is 479 g/mol. The molecule has 0 aliphatic heterocycles. The topological polar surface area (TPSA) is 104 Å². The van der Waals surface area contributed by atoms with Gasteiger partial charge in [0.15, 0.2) is 6.61 Å². The third-order valence-electron chi connectivity index (χ3n) is 5.51. The summed E-state index contributed by atoms with van der Waals surface area (Å²) in [7, 11) is -2.31. The quantitative estimate of drug-likeness (QED) is 0.392. The second-order valence-electron chi connectivity index (χ2n) is 8.65. The first kappa shape index (κ1) is 26.8. The highest BCUT2D eigenvalue weighted by Crippen LogP contribution is 2.21. The zero-order chi connectivity index (χ0) is 24.9. The van der Waals surface area contributed by atoms with E-state index in [1.165, 1.54) is 12.1 Å². The van der Waals surface area contributed by atoms with Crippen LogP contribution in [0.1, 0.15) is 54.1 Å². The number of methoxy groups -OCH3 is 1. The van der Waals surface area contributed by atoms with Gasteiger partial charge < -0.3 is 14.0 Å². The number of hydrogen-bond donors (Lipinski definition) is 1. The molecule has 0 saturated carbocycles. The molecule has 0 saturated heterocycles. The highest BCUT2D eigenvalue weighted by molar-refractivity contribution is 7.89. The smallest absolute Gasteiger partial charge is 0.324 e. The minimum absolute atomic E-state index is 0.0422. The molecule has 0 radical (unpaired) electrons. The summed E-state index contributed by atoms with van der Waals surface area (Å²) < 4.78 is 40.3. The first-order valence-corrected chi connectivity index (χ1v) is 12.3. The molecule has 9 heteroatoms. The summed E-state index contributed by atoms with van der Waals surface area (Å²) in [6, 6.07) is 6.99. The lowest BCUT2D eigenvalue weighted by Gasteiger charge is -2.21. The Kier molecular flexibility index (Phi) is 8.99. The second kappa shape index (κ2) is 11.1. The lowest BCUT2D eigenvalue weighted by atomic mass is 10.1. The molecule has 2 aromatic rings. The number of hydrogen-bond acceptors (Lipinski definition) is 6. The van der Waals surface area contributed by atoms with Crippen LogP contribution in [0.5, 0.6) is 0 Å². The number of ether oxygens (including phenoxy) is 2. The molecule has 0 amide bonds. The normalized spacial score (nSPS) is 13.7. The fourth-order valence-electron chi connectivity index (χ4n) is 3.77. The highest BCUT2D eigenvalue weighted by atomic mass is 32.2. The van der Waals surface area contributed by atoms with Crippen molar-refractivity contribution in [2.45, 2.75) is 58.5 Å². The fourth-order valence-corrected chi connectivity index (χ4v) is 5.10. The molecule has 33 heavy (non-hydrogen) atoms. The summed E-state index contributed by atoms with van der Waals surface area (Å²) in [5, 5.41) is 0. The van der Waals surface area contributed by atoms with E-state index in [0.717, 1.165) is 17.0 Å². The molecule has 1 N–H and O–H groups in total. The molecular formula is C24H34N2O6S. The minimum Gasteiger partial charge on any atom is -0.456 e. The number of carbonyl (C=O) groups is 2. The minimum atomic E-state index is -3.93. The molecule has 0 aliphatic rings. The molecular weight excluding hydrogens is 444 g/mol. The van der Waals surface area contributed by atoms with Crippen LogP contribution < -0.4 is 4.72 Å². The van der Waals surface area contributed by atoms with Gasteiger partial charge in [0.25, 0.3) is 0 Å². The lowest BCUT2D eigenvalue weighted by molar-refractivity contribution is -0.145. The lowest BCUT2D eigenvalue weighted by Crippen LogP contribution is -2.45. The molecule has 0 spiro atoms. The van der Waals surface area contributed by atoms with Crippen LogP contribution in [0, 0.1) is 26.7 Å². The van der Waals surface area contributed by atoms with Crippen LogP contribution in [0.3, 0.4) is 0 Å². The number of aromatic nitrogens is 1. The Balaban J connectivity index is 2.12. The van der Waals surface area contributed by atoms with Crippen molar-refractivity contribution >= 4 is 21.8 Å². The largest absolute Gasteiger partial charge is 0.456 e. The summed E-state index contributed by atoms with van der Waals surface area (Å²) >= 11 is 0. The zero-order valence-corrected chi connectivity index (χ0v) is 21.2. The average Bonchev–Trinajstić information content (AvgIpc) is 3.04. The van der Waals surface area contributed by atoms with Gasteiger partial charge in [-0.1, -0.05) is 31.5 Å². The summed E-state index contributed by atoms with van der Waals surface area (Å²) in [6.07, 6.45) is 0. The van der Waals surface area contributed by atoms with Gasteiger partial charge in [0.1, 0.15) is 6.04 Å². The number of nitrogens with zero attached hydrogens (tertiary/aromatic N) is 1. The van der Waals surface area contributed by atoms with Crippen molar-refractivity contribution in [2.24, 2.45) is 5.92 Å². The van der Waals surface area contributed by atoms with E-state index in [9.17, 15) is 18.0 Å². The standard InChI is InChI=1S/C24H34N2O6S/c1-15(2)23(25-33(29,30)20-10-8-16(3)9-11-20)24(28)32-14-22(27)21-12-17(4)26(19(21)6)18(5)13-31-7/h8-12,15,18,23,25H,13-14H2,1-7H3. The van der Waals surface area contributed by atoms with Crippen molar-refractivity contribution in [1.82, 2.24) is 9.29 Å². The molecule has 0 bridgehead atoms. The summed E-state index contributed by atoms with van der Waals surface area (Å²) in [4.78, 5) is 25.6. The summed E-state index contributed by atoms with van der Waals surface area (Å²) in [5.41, 5.74) is 3.05. The second-order valence-corrected chi connectivity index (χ2v) is 10.4. The van der Waals surface area contributed by atoms with Gasteiger partial charge in [-0.15, -0.1) is 0 Å². The Morgan fingerprint density at radius 2 is 1.67 bits per heavy atom. The van der Waals surface area contributed by atoms with E-state index in [1.54, 1.807) is 39.2 Å². The van der Waals surface area contributed by atoms with Gasteiger partial charge in [0, 0.05) is 24.1 Å². The van der Waals surface area contributed by atoms with Gasteiger partial charge >= 0.3 is 5.97 Å². The Labute approximate surface area is 196 Å². The van der Waals surface area contributed by atoms with Crippen molar-refractivity contribution in [3.8, 4) is 0 Å². The van der Waals surface area contributed by atoms with Crippen LogP contribution in [0.25, 0.3) is 0 Å². The molecule has 1 heterocycles. The van der Waals surface area contributed by atoms with Gasteiger partial charge in [-0.05, 0) is 51.8 Å². The van der Waals surface area contributed by atoms with E-state index in [1.807, 2.05) is 32.3 Å². The molecule has 182 valence electrons. The van der Waals surface area contributed by atoms with Crippen LogP contribution in [0.15, 0.2) is 35.2 Å². The van der Waals surface area contributed by atoms with Crippen molar-refractivity contribution in [2.75, 3.05) is 20.3 Å². The number of ketones is 1. The molecule has 2 unspecified atom stereocenters. The van der Waals surface area contributed by atoms with E-state index in [2.05, 4.69) is 4.72 Å². The Morgan fingerprint density at radius 1 is 1.06 bits per heavy atom. The van der Waals surface area contributed by atoms with Crippen LogP contribution in [0.2, 0.25) is 0 Å². The zero-order valence-electron chi connectivity index (χ0n) is 20.3. The number of carbonyl (C=O) groups excluding carboxylic acids is 2. The van der Waals surface area contributed by atoms with Crippen LogP contribution in [-0.4, -0.2) is 51.1 Å². The van der Waals surface area contributed by atoms with Gasteiger partial charge in [-0.3, -0.25) is 9.59 Å². The molecule has 1 aromatic heterocycles. The molecule has 0 fully saturated rings. The Bertz CT molecular complexity index is 1090. The SMILES string of the molecule is COCC(C)n1c(C)cc(C(=O)COC(=O)C(NS(=O)(=O)c2ccc(C)cc2)C(C)C)c1C. The van der Waals surface area contributed by atoms with Crippen LogP contribution in [-0.2, 0) is 24.3 Å². The maximum absolute atomic E-state index is 12.8. The van der Waals surface area contributed by atoms with E-state index < -0.39 is 28.6 Å². The third kappa shape index (κ3) is 6.52. The highest BCUT2D eigenvalue weighted by Gasteiger charge is 2.30. The number of esters is 1. The van der Waals surface area contributed by atoms with Crippen LogP contribution >= 0.6 is 0 Å². The van der Waals surface area contributed by atoms with E-state index in [-0.39, 0.29) is 22.6 Å². The number of rotatable bonds is 11.